The van der Waals surface area contributed by atoms with E-state index in [0.29, 0.717) is 25.0 Å². The molecule has 13 nitrogen and oxygen atoms in total. The molecular formula is C26H26N10O3S2. The summed E-state index contributed by atoms with van der Waals surface area (Å²) in [6, 6.07) is 8.21. The molecule has 0 saturated carbocycles. The Morgan fingerprint density at radius 2 is 1.83 bits per heavy atom. The van der Waals surface area contributed by atoms with Crippen molar-refractivity contribution in [2.45, 2.75) is 4.21 Å². The smallest absolute Gasteiger partial charge is 0.277 e. The average molecular weight is 591 g/mol. The second-order valence-corrected chi connectivity index (χ2v) is 12.1. The van der Waals surface area contributed by atoms with Gasteiger partial charge in [0.1, 0.15) is 0 Å². The van der Waals surface area contributed by atoms with Crippen molar-refractivity contribution >= 4 is 62.1 Å². The molecule has 2 aliphatic rings. The average Bonchev–Trinajstić information content (AvgIpc) is 3.68. The summed E-state index contributed by atoms with van der Waals surface area (Å²) >= 11 is 3.46. The third-order valence-electron chi connectivity index (χ3n) is 7.11. The number of fused-ring (bicyclic) bond motifs is 2. The first-order chi connectivity index (χ1) is 20.2. The number of nitrogens with one attached hydrogen (secondary N) is 2. The molecule has 2 saturated heterocycles. The van der Waals surface area contributed by atoms with Crippen LogP contribution >= 0.6 is 23.3 Å². The summed E-state index contributed by atoms with van der Waals surface area (Å²) in [6.45, 7) is 6.07. The topological polar surface area (TPSA) is 149 Å². The highest BCUT2D eigenvalue weighted by Gasteiger charge is 2.24. The maximum absolute atomic E-state index is 11.5. The van der Waals surface area contributed by atoms with Gasteiger partial charge in [0.2, 0.25) is 5.95 Å². The lowest BCUT2D eigenvalue weighted by atomic mass is 10.1. The van der Waals surface area contributed by atoms with E-state index in [4.69, 9.17) is 19.9 Å². The Hall–Kier alpha value is -3.89. The van der Waals surface area contributed by atoms with Crippen molar-refractivity contribution < 1.29 is 14.7 Å². The van der Waals surface area contributed by atoms with Gasteiger partial charge in [0.05, 0.1) is 44.9 Å². The summed E-state index contributed by atoms with van der Waals surface area (Å²) < 4.78 is 10.2. The predicted molar refractivity (Wildman–Crippen MR) is 156 cm³/mol. The maximum Gasteiger partial charge on any atom is 0.277 e. The van der Waals surface area contributed by atoms with Gasteiger partial charge in [-0.25, -0.2) is 29.7 Å². The molecule has 0 radical (unpaired) electrons. The van der Waals surface area contributed by atoms with Gasteiger partial charge >= 0.3 is 0 Å². The number of H-pyrrole nitrogens is 1. The number of amides is 1. The van der Waals surface area contributed by atoms with Gasteiger partial charge in [-0.3, -0.25) is 15.1 Å². The highest BCUT2D eigenvalue weighted by Crippen LogP contribution is 2.40. The molecule has 5 aromatic rings. The van der Waals surface area contributed by atoms with Gasteiger partial charge in [-0.15, -0.1) is 11.3 Å². The van der Waals surface area contributed by atoms with E-state index in [9.17, 15) is 4.79 Å². The van der Waals surface area contributed by atoms with Gasteiger partial charge in [-0.2, -0.15) is 5.10 Å². The van der Waals surface area contributed by atoms with Crippen LogP contribution in [0.4, 0.5) is 11.8 Å². The molecule has 210 valence electrons. The summed E-state index contributed by atoms with van der Waals surface area (Å²) in [5.41, 5.74) is 4.65. The minimum absolute atomic E-state index is 0.208. The van der Waals surface area contributed by atoms with Crippen LogP contribution in [-0.4, -0.2) is 98.0 Å². The maximum atomic E-state index is 11.5. The first-order valence-electron chi connectivity index (χ1n) is 13.2. The van der Waals surface area contributed by atoms with E-state index in [1.165, 1.54) is 12.4 Å². The van der Waals surface area contributed by atoms with Crippen molar-refractivity contribution in [2.24, 2.45) is 0 Å². The molecular weight excluding hydrogens is 564 g/mol. The van der Waals surface area contributed by atoms with Gasteiger partial charge in [0.15, 0.2) is 11.6 Å². The van der Waals surface area contributed by atoms with Crippen molar-refractivity contribution in [1.82, 2.24) is 39.9 Å². The molecule has 2 aliphatic heterocycles. The van der Waals surface area contributed by atoms with Crippen molar-refractivity contribution in [1.29, 1.82) is 0 Å². The zero-order valence-electron chi connectivity index (χ0n) is 21.9. The summed E-state index contributed by atoms with van der Waals surface area (Å²) in [7, 11) is 0. The fraction of sp³-hybridized carbons (Fsp3) is 0.308. The molecule has 15 heteroatoms. The number of benzene rings is 1. The van der Waals surface area contributed by atoms with Crippen molar-refractivity contribution in [3.05, 3.63) is 48.4 Å². The van der Waals surface area contributed by atoms with Crippen LogP contribution in [0, 0.1) is 0 Å². The minimum atomic E-state index is -0.631. The Labute approximate surface area is 242 Å². The largest absolute Gasteiger partial charge is 0.378 e. The molecule has 3 N–H and O–H groups in total. The quantitative estimate of drug-likeness (QED) is 0.152. The van der Waals surface area contributed by atoms with Gasteiger partial charge < -0.3 is 14.5 Å². The van der Waals surface area contributed by atoms with E-state index in [1.807, 2.05) is 24.4 Å². The number of hydrogen-bond acceptors (Lipinski definition) is 13. The van der Waals surface area contributed by atoms with Crippen LogP contribution in [0.2, 0.25) is 0 Å². The summed E-state index contributed by atoms with van der Waals surface area (Å²) in [5, 5.41) is 17.0. The Morgan fingerprint density at radius 3 is 2.61 bits per heavy atom. The molecule has 0 atom stereocenters. The predicted octanol–water partition coefficient (Wildman–Crippen LogP) is 2.81. The van der Waals surface area contributed by atoms with E-state index in [-0.39, 0.29) is 5.56 Å². The van der Waals surface area contributed by atoms with Crippen molar-refractivity contribution in [3.8, 4) is 11.4 Å². The molecule has 0 spiro atoms. The highest BCUT2D eigenvalue weighted by atomic mass is 32.2. The van der Waals surface area contributed by atoms with E-state index < -0.39 is 5.91 Å². The fourth-order valence-electron chi connectivity index (χ4n) is 4.98. The van der Waals surface area contributed by atoms with E-state index in [1.54, 1.807) is 28.8 Å². The lowest BCUT2D eigenvalue weighted by Crippen LogP contribution is -2.44. The van der Waals surface area contributed by atoms with Crippen molar-refractivity contribution in [2.75, 3.05) is 62.3 Å². The van der Waals surface area contributed by atoms with Crippen LogP contribution in [0.5, 0.6) is 0 Å². The molecule has 7 rings (SSSR count). The van der Waals surface area contributed by atoms with E-state index >= 15 is 0 Å². The first-order valence-corrected chi connectivity index (χ1v) is 14.8. The molecule has 0 unspecified atom stereocenters. The molecule has 41 heavy (non-hydrogen) atoms. The number of thiophene rings is 1. The van der Waals surface area contributed by atoms with E-state index in [2.05, 4.69) is 40.3 Å². The number of hydroxylamine groups is 1. The number of nitrogens with zero attached hydrogens (tertiary/aromatic N) is 8. The monoisotopic (exact) mass is 590 g/mol. The Bertz CT molecular complexity index is 1700. The molecule has 1 amide bonds. The Kier molecular flexibility index (Phi) is 7.10. The third-order valence-corrected chi connectivity index (χ3v) is 9.42. The molecule has 4 aromatic heterocycles. The van der Waals surface area contributed by atoms with Crippen LogP contribution in [0.3, 0.4) is 0 Å². The van der Waals surface area contributed by atoms with Crippen LogP contribution in [0.25, 0.3) is 32.5 Å². The standard InChI is InChI=1S/C26H26N10O3S2/c37-25(33-38)16-13-27-26(28-14-16)35-4-6-36(7-5-35)41-21-12-20-22(40-21)24(34-8-10-39-11-9-34)31-23(30-20)17-2-1-3-19-18(17)15-29-32-19/h1-3,12-15,38H,4-11H2,(H,29,32)(H,33,37). The third kappa shape index (κ3) is 5.17. The van der Waals surface area contributed by atoms with Gasteiger partial charge in [0, 0.05) is 62.6 Å². The lowest BCUT2D eigenvalue weighted by molar-refractivity contribution is 0.0705. The molecule has 0 bridgehead atoms. The number of ether oxygens (including phenoxy) is 1. The van der Waals surface area contributed by atoms with Crippen LogP contribution < -0.4 is 15.3 Å². The van der Waals surface area contributed by atoms with Gasteiger partial charge in [-0.1, -0.05) is 12.1 Å². The number of piperazine rings is 1. The van der Waals surface area contributed by atoms with Crippen LogP contribution in [-0.2, 0) is 4.74 Å². The molecule has 6 heterocycles. The summed E-state index contributed by atoms with van der Waals surface area (Å²) in [5.74, 6) is 1.58. The lowest BCUT2D eigenvalue weighted by Gasteiger charge is -2.33. The number of carbonyl (C=O) groups is 1. The van der Waals surface area contributed by atoms with Crippen LogP contribution in [0.1, 0.15) is 10.4 Å². The second kappa shape index (κ2) is 11.2. The van der Waals surface area contributed by atoms with Crippen LogP contribution in [0.15, 0.2) is 47.1 Å². The zero-order valence-corrected chi connectivity index (χ0v) is 23.5. The number of aromatic nitrogens is 6. The normalized spacial score (nSPS) is 16.5. The Morgan fingerprint density at radius 1 is 1.02 bits per heavy atom. The SMILES string of the molecule is O=C(NO)c1cnc(N2CCN(Sc3cc4nc(-c5cccc6[nH]ncc56)nc(N5CCOCC5)c4s3)CC2)nc1. The number of hydrogen-bond donors (Lipinski definition) is 3. The van der Waals surface area contributed by atoms with Crippen molar-refractivity contribution in [3.63, 3.8) is 0 Å². The summed E-state index contributed by atoms with van der Waals surface area (Å²) in [6.07, 6.45) is 4.66. The number of morpholine rings is 1. The van der Waals surface area contributed by atoms with E-state index in [0.717, 1.165) is 76.0 Å². The van der Waals surface area contributed by atoms with Gasteiger partial charge in [0.25, 0.3) is 5.91 Å². The van der Waals surface area contributed by atoms with Gasteiger partial charge in [-0.05, 0) is 24.1 Å². The number of aromatic amines is 1. The first kappa shape index (κ1) is 26.0. The zero-order chi connectivity index (χ0) is 27.8. The molecule has 0 aliphatic carbocycles. The molecule has 2 fully saturated rings. The number of carbonyl (C=O) groups excluding carboxylic acids is 1. The summed E-state index contributed by atoms with van der Waals surface area (Å²) in [4.78, 5) is 34.6. The second-order valence-electron chi connectivity index (χ2n) is 9.61. The Balaban J connectivity index is 1.12. The number of anilines is 2. The highest BCUT2D eigenvalue weighted by molar-refractivity contribution is 7.99. The fourth-order valence-corrected chi connectivity index (χ4v) is 7.31. The molecule has 1 aromatic carbocycles. The number of rotatable bonds is 6. The minimum Gasteiger partial charge on any atom is -0.378 e.